The summed E-state index contributed by atoms with van der Waals surface area (Å²) in [5.41, 5.74) is 2.21. The van der Waals surface area contributed by atoms with Gasteiger partial charge in [-0.1, -0.05) is 53.0 Å². The largest absolute Gasteiger partial charge is 0.354 e. The minimum atomic E-state index is -0.298. The zero-order valence-corrected chi connectivity index (χ0v) is 16.5. The van der Waals surface area contributed by atoms with Gasteiger partial charge in [-0.25, -0.2) is 5.01 Å². The quantitative estimate of drug-likeness (QED) is 0.763. The number of hydrogen-bond acceptors (Lipinski definition) is 3. The molecule has 3 rings (SSSR count). The van der Waals surface area contributed by atoms with E-state index < -0.39 is 0 Å². The van der Waals surface area contributed by atoms with Gasteiger partial charge in [0.2, 0.25) is 11.8 Å². The second kappa shape index (κ2) is 8.74. The Morgan fingerprint density at radius 3 is 2.41 bits per heavy atom. The molecule has 5 nitrogen and oxygen atoms in total. The summed E-state index contributed by atoms with van der Waals surface area (Å²) in [6.45, 7) is 0.226. The number of carbonyl (C=O) groups excluding carboxylic acids is 2. The van der Waals surface area contributed by atoms with Crippen LogP contribution in [-0.4, -0.2) is 35.6 Å². The predicted octanol–water partition coefficient (Wildman–Crippen LogP) is 3.94. The molecule has 1 aliphatic rings. The van der Waals surface area contributed by atoms with Gasteiger partial charge in [-0.2, -0.15) is 5.10 Å². The van der Waals surface area contributed by atoms with Crippen LogP contribution >= 0.6 is 34.8 Å². The Morgan fingerprint density at radius 1 is 1.07 bits per heavy atom. The average Bonchev–Trinajstić information content (AvgIpc) is 2.98. The number of rotatable bonds is 6. The van der Waals surface area contributed by atoms with E-state index in [0.717, 1.165) is 11.1 Å². The molecule has 2 amide bonds. The highest BCUT2D eigenvalue weighted by molar-refractivity contribution is 6.36. The van der Waals surface area contributed by atoms with Crippen LogP contribution in [-0.2, 0) is 16.0 Å². The normalized spacial score (nSPS) is 13.7. The van der Waals surface area contributed by atoms with Gasteiger partial charge in [-0.05, 0) is 41.8 Å². The highest BCUT2D eigenvalue weighted by Gasteiger charge is 2.26. The third kappa shape index (κ3) is 5.01. The van der Waals surface area contributed by atoms with Crippen LogP contribution in [0.5, 0.6) is 0 Å². The van der Waals surface area contributed by atoms with Crippen molar-refractivity contribution >= 4 is 52.3 Å². The molecule has 0 radical (unpaired) electrons. The van der Waals surface area contributed by atoms with Gasteiger partial charge in [0.05, 0.1) is 12.1 Å². The molecule has 1 N–H and O–H groups in total. The lowest BCUT2D eigenvalue weighted by Gasteiger charge is -2.12. The molecular weight excluding hydrogens is 409 g/mol. The third-order valence-electron chi connectivity index (χ3n) is 4.08. The molecular formula is C19H16Cl3N3O2. The first-order valence-electron chi connectivity index (χ1n) is 8.27. The molecule has 0 bridgehead atoms. The molecule has 0 spiro atoms. The summed E-state index contributed by atoms with van der Waals surface area (Å²) in [7, 11) is 0. The van der Waals surface area contributed by atoms with E-state index in [1.807, 2.05) is 0 Å². The monoisotopic (exact) mass is 423 g/mol. The number of nitrogens with zero attached hydrogens (tertiary/aromatic N) is 2. The van der Waals surface area contributed by atoms with Crippen molar-refractivity contribution < 1.29 is 9.59 Å². The van der Waals surface area contributed by atoms with Crippen molar-refractivity contribution in [1.82, 2.24) is 10.3 Å². The molecule has 0 atom stereocenters. The highest BCUT2D eigenvalue weighted by atomic mass is 35.5. The topological polar surface area (TPSA) is 61.8 Å². The number of halogens is 3. The molecule has 0 saturated heterocycles. The predicted molar refractivity (Wildman–Crippen MR) is 107 cm³/mol. The van der Waals surface area contributed by atoms with Gasteiger partial charge in [-0.15, -0.1) is 0 Å². The Bertz CT molecular complexity index is 877. The Kier molecular flexibility index (Phi) is 6.37. The van der Waals surface area contributed by atoms with Crippen molar-refractivity contribution in [2.75, 3.05) is 13.1 Å². The molecule has 0 aromatic heterocycles. The number of benzene rings is 2. The van der Waals surface area contributed by atoms with Crippen molar-refractivity contribution in [3.8, 4) is 0 Å². The molecule has 0 saturated carbocycles. The van der Waals surface area contributed by atoms with Crippen LogP contribution in [0.3, 0.4) is 0 Å². The maximum absolute atomic E-state index is 12.1. The summed E-state index contributed by atoms with van der Waals surface area (Å²) < 4.78 is 0. The van der Waals surface area contributed by atoms with Crippen LogP contribution in [0, 0.1) is 0 Å². The minimum absolute atomic E-state index is 0.133. The summed E-state index contributed by atoms with van der Waals surface area (Å²) in [5, 5.41) is 9.93. The first-order valence-corrected chi connectivity index (χ1v) is 9.41. The summed E-state index contributed by atoms with van der Waals surface area (Å²) in [4.78, 5) is 24.3. The van der Waals surface area contributed by atoms with Crippen LogP contribution in [0.1, 0.15) is 17.5 Å². The Labute approximate surface area is 171 Å². The maximum atomic E-state index is 12.1. The standard InChI is InChI=1S/C19H16Cl3N3O2/c20-13-6-4-12(5-7-13)17-10-19(27)25(24-17)11-18(26)23-9-8-14-15(21)2-1-3-16(14)22/h1-7H,8-11H2,(H,23,26). The second-order valence-corrected chi connectivity index (χ2v) is 7.23. The summed E-state index contributed by atoms with van der Waals surface area (Å²) >= 11 is 18.1. The fourth-order valence-electron chi connectivity index (χ4n) is 2.69. The van der Waals surface area contributed by atoms with Crippen molar-refractivity contribution in [1.29, 1.82) is 0 Å². The fraction of sp³-hybridized carbons (Fsp3) is 0.211. The van der Waals surface area contributed by atoms with Gasteiger partial charge in [0.25, 0.3) is 0 Å². The molecule has 140 valence electrons. The molecule has 1 aliphatic heterocycles. The molecule has 2 aromatic carbocycles. The van der Waals surface area contributed by atoms with Gasteiger partial charge in [-0.3, -0.25) is 9.59 Å². The van der Waals surface area contributed by atoms with E-state index in [2.05, 4.69) is 10.4 Å². The van der Waals surface area contributed by atoms with Gasteiger partial charge in [0.15, 0.2) is 0 Å². The second-order valence-electron chi connectivity index (χ2n) is 5.98. The van der Waals surface area contributed by atoms with Gasteiger partial charge in [0.1, 0.15) is 6.54 Å². The molecule has 0 aliphatic carbocycles. The highest BCUT2D eigenvalue weighted by Crippen LogP contribution is 2.24. The van der Waals surface area contributed by atoms with Crippen molar-refractivity contribution in [3.05, 3.63) is 68.7 Å². The molecule has 27 heavy (non-hydrogen) atoms. The van der Waals surface area contributed by atoms with Crippen LogP contribution in [0.2, 0.25) is 15.1 Å². The number of amides is 2. The van der Waals surface area contributed by atoms with Crippen molar-refractivity contribution in [3.63, 3.8) is 0 Å². The molecule has 2 aromatic rings. The number of carbonyl (C=O) groups is 2. The zero-order valence-electron chi connectivity index (χ0n) is 14.2. The molecule has 0 fully saturated rings. The summed E-state index contributed by atoms with van der Waals surface area (Å²) in [6, 6.07) is 12.3. The average molecular weight is 425 g/mol. The van der Waals surface area contributed by atoms with E-state index >= 15 is 0 Å². The van der Waals surface area contributed by atoms with Crippen LogP contribution in [0.15, 0.2) is 47.6 Å². The molecule has 1 heterocycles. The van der Waals surface area contributed by atoms with E-state index in [0.29, 0.717) is 33.7 Å². The lowest BCUT2D eigenvalue weighted by Crippen LogP contribution is -2.36. The summed E-state index contributed by atoms with van der Waals surface area (Å²) in [6.07, 6.45) is 0.654. The Hall–Kier alpha value is -2.08. The Balaban J connectivity index is 1.54. The van der Waals surface area contributed by atoms with Crippen molar-refractivity contribution in [2.45, 2.75) is 12.8 Å². The van der Waals surface area contributed by atoms with E-state index in [1.54, 1.807) is 42.5 Å². The fourth-order valence-corrected chi connectivity index (χ4v) is 3.40. The zero-order chi connectivity index (χ0) is 19.4. The van der Waals surface area contributed by atoms with E-state index in [-0.39, 0.29) is 24.8 Å². The first kappa shape index (κ1) is 19.7. The van der Waals surface area contributed by atoms with Gasteiger partial charge >= 0.3 is 0 Å². The molecule has 8 heteroatoms. The lowest BCUT2D eigenvalue weighted by atomic mass is 10.1. The SMILES string of the molecule is O=C(CN1N=C(c2ccc(Cl)cc2)CC1=O)NCCc1c(Cl)cccc1Cl. The minimum Gasteiger partial charge on any atom is -0.354 e. The third-order valence-corrected chi connectivity index (χ3v) is 5.04. The van der Waals surface area contributed by atoms with Gasteiger partial charge < -0.3 is 5.32 Å². The summed E-state index contributed by atoms with van der Waals surface area (Å²) in [5.74, 6) is -0.517. The first-order chi connectivity index (χ1) is 12.9. The van der Waals surface area contributed by atoms with Gasteiger partial charge in [0, 0.05) is 21.6 Å². The lowest BCUT2D eigenvalue weighted by molar-refractivity contribution is -0.134. The molecule has 0 unspecified atom stereocenters. The van der Waals surface area contributed by atoms with E-state index in [1.165, 1.54) is 5.01 Å². The number of hydrazone groups is 1. The number of nitrogens with one attached hydrogen (secondary N) is 1. The number of hydrogen-bond donors (Lipinski definition) is 1. The maximum Gasteiger partial charge on any atom is 0.249 e. The van der Waals surface area contributed by atoms with Crippen LogP contribution in [0.4, 0.5) is 0 Å². The van der Waals surface area contributed by atoms with E-state index in [9.17, 15) is 9.59 Å². The smallest absolute Gasteiger partial charge is 0.249 e. The van der Waals surface area contributed by atoms with E-state index in [4.69, 9.17) is 34.8 Å². The van der Waals surface area contributed by atoms with Crippen LogP contribution < -0.4 is 5.32 Å². The Morgan fingerprint density at radius 2 is 1.74 bits per heavy atom. The van der Waals surface area contributed by atoms with Crippen molar-refractivity contribution in [2.24, 2.45) is 5.10 Å². The van der Waals surface area contributed by atoms with Crippen LogP contribution in [0.25, 0.3) is 0 Å².